The fraction of sp³-hybridized carbons (Fsp3) is 0.316. The number of nitrogens with zero attached hydrogens (tertiary/aromatic N) is 2. The van der Waals surface area contributed by atoms with Crippen LogP contribution in [0, 0.1) is 0 Å². The molecule has 1 unspecified atom stereocenters. The van der Waals surface area contributed by atoms with Gasteiger partial charge in [0.15, 0.2) is 11.4 Å². The van der Waals surface area contributed by atoms with Crippen molar-refractivity contribution in [3.63, 3.8) is 0 Å². The molecule has 124 valence electrons. The van der Waals surface area contributed by atoms with E-state index in [0.717, 1.165) is 12.8 Å². The third kappa shape index (κ3) is 2.71. The van der Waals surface area contributed by atoms with Gasteiger partial charge in [-0.25, -0.2) is 0 Å². The lowest BCUT2D eigenvalue weighted by Gasteiger charge is -2.22. The third-order valence-corrected chi connectivity index (χ3v) is 4.37. The Bertz CT molecular complexity index is 760. The summed E-state index contributed by atoms with van der Waals surface area (Å²) in [5, 5.41) is 11.1. The number of pyridine rings is 1. The van der Waals surface area contributed by atoms with E-state index in [2.05, 4.69) is 4.98 Å². The number of amides is 1. The van der Waals surface area contributed by atoms with Crippen molar-refractivity contribution in [2.45, 2.75) is 31.8 Å². The van der Waals surface area contributed by atoms with E-state index in [1.54, 1.807) is 35.4 Å². The average Bonchev–Trinajstić information content (AvgIpc) is 2.82. The van der Waals surface area contributed by atoms with Gasteiger partial charge in [-0.1, -0.05) is 31.5 Å². The van der Waals surface area contributed by atoms with Crippen LogP contribution in [0.5, 0.6) is 0 Å². The number of benzene rings is 1. The molecule has 3 rings (SSSR count). The summed E-state index contributed by atoms with van der Waals surface area (Å²) in [6.07, 6.45) is 4.53. The first kappa shape index (κ1) is 16.3. The van der Waals surface area contributed by atoms with Crippen molar-refractivity contribution < 1.29 is 14.7 Å². The second-order valence-corrected chi connectivity index (χ2v) is 6.03. The molecule has 0 aliphatic carbocycles. The van der Waals surface area contributed by atoms with Crippen LogP contribution in [0.4, 0.5) is 5.69 Å². The first-order valence-electron chi connectivity index (χ1n) is 8.15. The minimum absolute atomic E-state index is 0.281. The molecule has 1 N–H and O–H groups in total. The third-order valence-electron chi connectivity index (χ3n) is 4.37. The number of hydrogen-bond donors (Lipinski definition) is 1. The van der Waals surface area contributed by atoms with E-state index in [9.17, 15) is 14.7 Å². The van der Waals surface area contributed by atoms with E-state index in [0.29, 0.717) is 23.4 Å². The molecular formula is C19H20N2O3. The largest absolute Gasteiger partial charge is 0.375 e. The van der Waals surface area contributed by atoms with Crippen LogP contribution in [0.15, 0.2) is 48.8 Å². The lowest BCUT2D eigenvalue weighted by atomic mass is 9.88. The molecular weight excluding hydrogens is 304 g/mol. The zero-order valence-electron chi connectivity index (χ0n) is 13.6. The number of anilines is 1. The van der Waals surface area contributed by atoms with Crippen molar-refractivity contribution >= 4 is 17.4 Å². The fourth-order valence-corrected chi connectivity index (χ4v) is 3.08. The van der Waals surface area contributed by atoms with Crippen LogP contribution in [0.1, 0.15) is 42.1 Å². The molecule has 24 heavy (non-hydrogen) atoms. The van der Waals surface area contributed by atoms with Gasteiger partial charge in [-0.05, 0) is 24.6 Å². The van der Waals surface area contributed by atoms with Gasteiger partial charge in [-0.15, -0.1) is 0 Å². The summed E-state index contributed by atoms with van der Waals surface area (Å²) in [7, 11) is 0. The molecule has 2 aromatic rings. The number of unbranched alkanes of at least 4 members (excludes halogenated alkanes) is 1. The highest BCUT2D eigenvalue weighted by Gasteiger charge is 2.50. The molecule has 0 fully saturated rings. The Hall–Kier alpha value is -2.53. The molecule has 1 amide bonds. The molecule has 2 heterocycles. The average molecular weight is 324 g/mol. The summed E-state index contributed by atoms with van der Waals surface area (Å²) in [5.41, 5.74) is -0.221. The maximum Gasteiger partial charge on any atom is 0.264 e. The predicted octanol–water partition coefficient (Wildman–Crippen LogP) is 2.69. The highest BCUT2D eigenvalue weighted by atomic mass is 16.3. The van der Waals surface area contributed by atoms with E-state index in [1.807, 2.05) is 19.1 Å². The maximum atomic E-state index is 12.9. The van der Waals surface area contributed by atoms with Gasteiger partial charge < -0.3 is 10.0 Å². The van der Waals surface area contributed by atoms with Crippen molar-refractivity contribution in [3.05, 3.63) is 59.9 Å². The SMILES string of the molecule is CCCCN1C(=O)C(O)(CC(=O)c2cccnc2)c2ccccc21. The highest BCUT2D eigenvalue weighted by molar-refractivity contribution is 6.10. The Morgan fingerprint density at radius 2 is 2.04 bits per heavy atom. The number of fused-ring (bicyclic) bond motifs is 1. The number of ketones is 1. The van der Waals surface area contributed by atoms with Crippen LogP contribution in [0.2, 0.25) is 0 Å². The lowest BCUT2D eigenvalue weighted by molar-refractivity contribution is -0.135. The quantitative estimate of drug-likeness (QED) is 0.829. The second kappa shape index (κ2) is 6.53. The summed E-state index contributed by atoms with van der Waals surface area (Å²) in [6, 6.07) is 10.4. The van der Waals surface area contributed by atoms with Gasteiger partial charge in [0.05, 0.1) is 12.1 Å². The second-order valence-electron chi connectivity index (χ2n) is 6.03. The number of para-hydroxylation sites is 1. The fourth-order valence-electron chi connectivity index (χ4n) is 3.08. The molecule has 1 aliphatic rings. The maximum absolute atomic E-state index is 12.9. The summed E-state index contributed by atoms with van der Waals surface area (Å²) in [6.45, 7) is 2.58. The van der Waals surface area contributed by atoms with Crippen LogP contribution in [-0.4, -0.2) is 28.3 Å². The number of aromatic nitrogens is 1. The first-order valence-corrected chi connectivity index (χ1v) is 8.15. The molecule has 5 nitrogen and oxygen atoms in total. The number of carbonyl (C=O) groups excluding carboxylic acids is 2. The predicted molar refractivity (Wildman–Crippen MR) is 90.8 cm³/mol. The molecule has 1 aromatic heterocycles. The smallest absolute Gasteiger partial charge is 0.264 e. The van der Waals surface area contributed by atoms with Crippen LogP contribution in [0.3, 0.4) is 0 Å². The Kier molecular flexibility index (Phi) is 4.44. The van der Waals surface area contributed by atoms with Gasteiger partial charge in [0.25, 0.3) is 5.91 Å². The minimum atomic E-state index is -1.81. The Morgan fingerprint density at radius 1 is 1.25 bits per heavy atom. The van der Waals surface area contributed by atoms with Crippen molar-refractivity contribution in [1.29, 1.82) is 0 Å². The monoisotopic (exact) mass is 324 g/mol. The van der Waals surface area contributed by atoms with Gasteiger partial charge in [-0.2, -0.15) is 0 Å². The van der Waals surface area contributed by atoms with Gasteiger partial charge in [-0.3, -0.25) is 14.6 Å². The molecule has 1 aromatic carbocycles. The Morgan fingerprint density at radius 3 is 2.75 bits per heavy atom. The van der Waals surface area contributed by atoms with Gasteiger partial charge >= 0.3 is 0 Å². The molecule has 1 atom stereocenters. The topological polar surface area (TPSA) is 70.5 Å². The summed E-state index contributed by atoms with van der Waals surface area (Å²) in [4.78, 5) is 30.9. The van der Waals surface area contributed by atoms with E-state index in [-0.39, 0.29) is 12.2 Å². The van der Waals surface area contributed by atoms with E-state index in [4.69, 9.17) is 0 Å². The van der Waals surface area contributed by atoms with Crippen molar-refractivity contribution in [1.82, 2.24) is 4.98 Å². The van der Waals surface area contributed by atoms with Crippen molar-refractivity contribution in [2.24, 2.45) is 0 Å². The Labute approximate surface area is 140 Å². The van der Waals surface area contributed by atoms with Gasteiger partial charge in [0, 0.05) is 30.1 Å². The molecule has 5 heteroatoms. The normalized spacial score (nSPS) is 19.4. The zero-order chi connectivity index (χ0) is 17.2. The molecule has 0 saturated heterocycles. The minimum Gasteiger partial charge on any atom is -0.375 e. The number of Topliss-reactive ketones (excluding diaryl/α,β-unsaturated/α-hetero) is 1. The number of rotatable bonds is 6. The molecule has 0 radical (unpaired) electrons. The highest BCUT2D eigenvalue weighted by Crippen LogP contribution is 2.42. The number of hydrogen-bond acceptors (Lipinski definition) is 4. The standard InChI is InChI=1S/C19H20N2O3/c1-2-3-11-21-16-9-5-4-8-15(16)19(24,18(21)23)12-17(22)14-7-6-10-20-13-14/h4-10,13,24H,2-3,11-12H2,1H3. The van der Waals surface area contributed by atoms with Gasteiger partial charge in [0.2, 0.25) is 0 Å². The molecule has 0 bridgehead atoms. The van der Waals surface area contributed by atoms with E-state index < -0.39 is 11.5 Å². The summed E-state index contributed by atoms with van der Waals surface area (Å²) < 4.78 is 0. The van der Waals surface area contributed by atoms with Gasteiger partial charge in [0.1, 0.15) is 0 Å². The number of aliphatic hydroxyl groups is 1. The lowest BCUT2D eigenvalue weighted by Crippen LogP contribution is -2.42. The summed E-state index contributed by atoms with van der Waals surface area (Å²) in [5.74, 6) is -0.722. The van der Waals surface area contributed by atoms with E-state index >= 15 is 0 Å². The summed E-state index contributed by atoms with van der Waals surface area (Å²) >= 11 is 0. The number of carbonyl (C=O) groups is 2. The molecule has 1 aliphatic heterocycles. The van der Waals surface area contributed by atoms with E-state index in [1.165, 1.54) is 6.20 Å². The molecule has 0 spiro atoms. The van der Waals surface area contributed by atoms with Crippen molar-refractivity contribution in [2.75, 3.05) is 11.4 Å². The van der Waals surface area contributed by atoms with Crippen LogP contribution >= 0.6 is 0 Å². The Balaban J connectivity index is 1.94. The van der Waals surface area contributed by atoms with Crippen LogP contribution in [0.25, 0.3) is 0 Å². The zero-order valence-corrected chi connectivity index (χ0v) is 13.6. The van der Waals surface area contributed by atoms with Crippen molar-refractivity contribution in [3.8, 4) is 0 Å². The first-order chi connectivity index (χ1) is 11.6. The van der Waals surface area contributed by atoms with Crippen LogP contribution in [-0.2, 0) is 10.4 Å². The van der Waals surface area contributed by atoms with Crippen LogP contribution < -0.4 is 4.90 Å². The molecule has 0 saturated carbocycles.